The van der Waals surface area contributed by atoms with Gasteiger partial charge in [-0.25, -0.2) is 10.3 Å². The van der Waals surface area contributed by atoms with E-state index in [2.05, 4.69) is 4.84 Å². The van der Waals surface area contributed by atoms with Crippen LogP contribution in [0.15, 0.2) is 12.1 Å². The largest absolute Gasteiger partial charge is 0.486 e. The Morgan fingerprint density at radius 2 is 2.13 bits per heavy atom. The number of hydrogen-bond donors (Lipinski definition) is 1. The minimum atomic E-state index is -0.547. The number of rotatable bonds is 3. The Labute approximate surface area is 86.7 Å². The molecule has 2 N–H and O–H groups in total. The first-order valence-electron chi connectivity index (χ1n) is 4.64. The smallest absolute Gasteiger partial charge is 0.166 e. The highest BCUT2D eigenvalue weighted by Crippen LogP contribution is 2.35. The molecule has 82 valence electrons. The molecule has 1 aliphatic rings. The Kier molecular flexibility index (Phi) is 3.03. The van der Waals surface area contributed by atoms with E-state index in [0.717, 1.165) is 0 Å². The molecule has 0 atom stereocenters. The maximum absolute atomic E-state index is 12.5. The van der Waals surface area contributed by atoms with Crippen molar-refractivity contribution in [1.29, 1.82) is 0 Å². The fourth-order valence-electron chi connectivity index (χ4n) is 1.56. The van der Waals surface area contributed by atoms with E-state index in [4.69, 9.17) is 15.4 Å². The molecule has 0 bridgehead atoms. The molecule has 15 heavy (non-hydrogen) atoms. The van der Waals surface area contributed by atoms with Crippen molar-refractivity contribution in [3.63, 3.8) is 0 Å². The first kappa shape index (κ1) is 10.2. The molecule has 0 spiro atoms. The van der Waals surface area contributed by atoms with Crippen LogP contribution in [-0.2, 0) is 18.1 Å². The summed E-state index contributed by atoms with van der Waals surface area (Å²) < 4.78 is 23.3. The first-order chi connectivity index (χ1) is 7.35. The van der Waals surface area contributed by atoms with Gasteiger partial charge in [0, 0.05) is 5.56 Å². The molecule has 4 nitrogen and oxygen atoms in total. The number of nitrogens with two attached hydrogens (primary N) is 1. The van der Waals surface area contributed by atoms with Gasteiger partial charge in [-0.05, 0) is 17.7 Å². The van der Waals surface area contributed by atoms with E-state index in [9.17, 15) is 4.39 Å². The molecule has 1 aromatic rings. The number of benzene rings is 1. The molecule has 0 radical (unpaired) electrons. The quantitative estimate of drug-likeness (QED) is 0.769. The van der Waals surface area contributed by atoms with Crippen molar-refractivity contribution in [3.8, 4) is 11.5 Å². The third-order valence-corrected chi connectivity index (χ3v) is 2.17. The monoisotopic (exact) mass is 213 g/mol. The third-order valence-electron chi connectivity index (χ3n) is 2.17. The molecule has 1 aromatic carbocycles. The number of ether oxygens (including phenoxy) is 2. The topological polar surface area (TPSA) is 53.7 Å². The molecule has 0 fully saturated rings. The summed E-state index contributed by atoms with van der Waals surface area (Å²) in [4.78, 5) is 4.54. The van der Waals surface area contributed by atoms with E-state index in [0.29, 0.717) is 35.8 Å². The summed E-state index contributed by atoms with van der Waals surface area (Å²) in [6.07, 6.45) is 0. The summed E-state index contributed by atoms with van der Waals surface area (Å²) in [5.41, 5.74) is 1.24. The lowest BCUT2D eigenvalue weighted by Crippen LogP contribution is -2.17. The Bertz CT molecular complexity index is 357. The van der Waals surface area contributed by atoms with Crippen LogP contribution in [0, 0.1) is 0 Å². The minimum absolute atomic E-state index is 0.180. The Morgan fingerprint density at radius 1 is 1.33 bits per heavy atom. The summed E-state index contributed by atoms with van der Waals surface area (Å²) in [7, 11) is 0. The van der Waals surface area contributed by atoms with Crippen LogP contribution in [0.1, 0.15) is 11.1 Å². The molecular formula is C10H12FNO3. The average Bonchev–Trinajstić information content (AvgIpc) is 2.29. The molecule has 1 heterocycles. The molecule has 0 aliphatic carbocycles. The lowest BCUT2D eigenvalue weighted by molar-refractivity contribution is 0.115. The van der Waals surface area contributed by atoms with Crippen molar-refractivity contribution < 1.29 is 18.7 Å². The second-order valence-corrected chi connectivity index (χ2v) is 3.22. The lowest BCUT2D eigenvalue weighted by Gasteiger charge is -2.21. The van der Waals surface area contributed by atoms with Crippen LogP contribution in [0.3, 0.4) is 0 Å². The molecule has 5 heteroatoms. The number of fused-ring (bicyclic) bond motifs is 1. The van der Waals surface area contributed by atoms with Crippen LogP contribution in [0.4, 0.5) is 4.39 Å². The molecule has 2 rings (SSSR count). The highest BCUT2D eigenvalue weighted by atomic mass is 19.1. The molecule has 0 saturated heterocycles. The zero-order chi connectivity index (χ0) is 10.7. The molecule has 0 aromatic heterocycles. The molecule has 0 unspecified atom stereocenters. The number of halogens is 1. The SMILES string of the molecule is NOCc1cc(CF)cc2c1OCCO2. The molecule has 0 amide bonds. The predicted molar refractivity (Wildman–Crippen MR) is 51.2 cm³/mol. The van der Waals surface area contributed by atoms with Gasteiger partial charge < -0.3 is 9.47 Å². The maximum Gasteiger partial charge on any atom is 0.166 e. The van der Waals surface area contributed by atoms with Crippen LogP contribution < -0.4 is 15.4 Å². The zero-order valence-corrected chi connectivity index (χ0v) is 8.16. The number of alkyl halides is 1. The van der Waals surface area contributed by atoms with E-state index in [1.807, 2.05) is 0 Å². The number of hydrogen-bond acceptors (Lipinski definition) is 4. The van der Waals surface area contributed by atoms with Crippen LogP contribution in [0.5, 0.6) is 11.5 Å². The van der Waals surface area contributed by atoms with Gasteiger partial charge in [0.15, 0.2) is 11.5 Å². The van der Waals surface area contributed by atoms with Gasteiger partial charge in [-0.15, -0.1) is 0 Å². The van der Waals surface area contributed by atoms with Crippen molar-refractivity contribution in [1.82, 2.24) is 0 Å². The summed E-state index contributed by atoms with van der Waals surface area (Å²) in [6.45, 7) is 0.596. The Hall–Kier alpha value is -1.33. The van der Waals surface area contributed by atoms with Crippen molar-refractivity contribution >= 4 is 0 Å². The van der Waals surface area contributed by atoms with E-state index in [-0.39, 0.29) is 6.61 Å². The minimum Gasteiger partial charge on any atom is -0.486 e. The van der Waals surface area contributed by atoms with E-state index in [1.54, 1.807) is 12.1 Å². The van der Waals surface area contributed by atoms with Crippen molar-refractivity contribution in [3.05, 3.63) is 23.3 Å². The van der Waals surface area contributed by atoms with Crippen molar-refractivity contribution in [2.75, 3.05) is 13.2 Å². The van der Waals surface area contributed by atoms with Crippen LogP contribution in [-0.4, -0.2) is 13.2 Å². The van der Waals surface area contributed by atoms with Crippen LogP contribution in [0.2, 0.25) is 0 Å². The van der Waals surface area contributed by atoms with Crippen LogP contribution >= 0.6 is 0 Å². The summed E-state index contributed by atoms with van der Waals surface area (Å²) in [5, 5.41) is 0. The highest BCUT2D eigenvalue weighted by Gasteiger charge is 2.17. The van der Waals surface area contributed by atoms with Gasteiger partial charge in [-0.1, -0.05) is 0 Å². The maximum atomic E-state index is 12.5. The molecular weight excluding hydrogens is 201 g/mol. The average molecular weight is 213 g/mol. The fourth-order valence-corrected chi connectivity index (χ4v) is 1.56. The summed E-state index contributed by atoms with van der Waals surface area (Å²) >= 11 is 0. The van der Waals surface area contributed by atoms with E-state index < -0.39 is 6.67 Å². The van der Waals surface area contributed by atoms with E-state index >= 15 is 0 Å². The van der Waals surface area contributed by atoms with Gasteiger partial charge in [0.2, 0.25) is 0 Å². The first-order valence-corrected chi connectivity index (χ1v) is 4.64. The van der Waals surface area contributed by atoms with Crippen LogP contribution in [0.25, 0.3) is 0 Å². The second-order valence-electron chi connectivity index (χ2n) is 3.22. The normalized spacial score (nSPS) is 14.0. The molecule has 1 aliphatic heterocycles. The zero-order valence-electron chi connectivity index (χ0n) is 8.16. The predicted octanol–water partition coefficient (Wildman–Crippen LogP) is 1.32. The van der Waals surface area contributed by atoms with E-state index in [1.165, 1.54) is 0 Å². The summed E-state index contributed by atoms with van der Waals surface area (Å²) in [6, 6.07) is 3.30. The molecule has 0 saturated carbocycles. The standard InChI is InChI=1S/C10H12FNO3/c11-5-7-3-8(6-15-12)10-9(4-7)13-1-2-14-10/h3-4H,1-2,5-6,12H2. The van der Waals surface area contributed by atoms with Gasteiger partial charge in [-0.2, -0.15) is 0 Å². The third kappa shape index (κ3) is 2.03. The fraction of sp³-hybridized carbons (Fsp3) is 0.400. The lowest BCUT2D eigenvalue weighted by atomic mass is 10.1. The summed E-state index contributed by atoms with van der Waals surface area (Å²) in [5.74, 6) is 6.15. The van der Waals surface area contributed by atoms with Gasteiger partial charge in [0.25, 0.3) is 0 Å². The Morgan fingerprint density at radius 3 is 2.87 bits per heavy atom. The van der Waals surface area contributed by atoms with Crippen molar-refractivity contribution in [2.24, 2.45) is 5.90 Å². The van der Waals surface area contributed by atoms with Gasteiger partial charge in [0.1, 0.15) is 19.9 Å². The van der Waals surface area contributed by atoms with Gasteiger partial charge in [0.05, 0.1) is 6.61 Å². The Balaban J connectivity index is 2.41. The second kappa shape index (κ2) is 4.46. The highest BCUT2D eigenvalue weighted by molar-refractivity contribution is 5.50. The van der Waals surface area contributed by atoms with Gasteiger partial charge >= 0.3 is 0 Å². The van der Waals surface area contributed by atoms with Gasteiger partial charge in [-0.3, -0.25) is 4.84 Å². The van der Waals surface area contributed by atoms with Crippen molar-refractivity contribution in [2.45, 2.75) is 13.3 Å².